The summed E-state index contributed by atoms with van der Waals surface area (Å²) >= 11 is 1.70. The van der Waals surface area contributed by atoms with Gasteiger partial charge in [-0.25, -0.2) is 0 Å². The molecule has 0 spiro atoms. The number of nitrogens with one attached hydrogen (secondary N) is 1. The summed E-state index contributed by atoms with van der Waals surface area (Å²) in [5.74, 6) is 0.702. The van der Waals surface area contributed by atoms with E-state index < -0.39 is 0 Å². The number of benzene rings is 2. The molecule has 21 heavy (non-hydrogen) atoms. The Hall–Kier alpha value is -1.94. The fourth-order valence-corrected chi connectivity index (χ4v) is 2.31. The van der Waals surface area contributed by atoms with Crippen molar-refractivity contribution in [3.63, 3.8) is 0 Å². The molecule has 3 nitrogen and oxygen atoms in total. The predicted molar refractivity (Wildman–Crippen MR) is 87.0 cm³/mol. The number of carbonyl (C=O) groups is 1. The maximum atomic E-state index is 12.1. The molecule has 1 N–H and O–H groups in total. The quantitative estimate of drug-likeness (QED) is 0.826. The van der Waals surface area contributed by atoms with Gasteiger partial charge in [0.2, 0.25) is 0 Å². The molecule has 0 aliphatic carbocycles. The molecule has 0 fully saturated rings. The Labute approximate surface area is 129 Å². The Balaban J connectivity index is 1.91. The lowest BCUT2D eigenvalue weighted by Crippen LogP contribution is -2.22. The van der Waals surface area contributed by atoms with Gasteiger partial charge in [0.05, 0.1) is 6.61 Å². The zero-order chi connectivity index (χ0) is 15.1. The fraction of sp³-hybridized carbons (Fsp3) is 0.235. The fourth-order valence-electron chi connectivity index (χ4n) is 1.90. The molecule has 2 aromatic rings. The van der Waals surface area contributed by atoms with Crippen molar-refractivity contribution >= 4 is 17.7 Å². The minimum absolute atomic E-state index is 0.0769. The minimum atomic E-state index is -0.0769. The molecule has 0 saturated heterocycles. The van der Waals surface area contributed by atoms with Gasteiger partial charge in [-0.2, -0.15) is 0 Å². The zero-order valence-corrected chi connectivity index (χ0v) is 13.1. The van der Waals surface area contributed by atoms with Crippen LogP contribution in [0.5, 0.6) is 5.75 Å². The summed E-state index contributed by atoms with van der Waals surface area (Å²) in [7, 11) is 0. The molecule has 2 aromatic carbocycles. The highest BCUT2D eigenvalue weighted by Gasteiger charge is 2.05. The number of hydrogen-bond acceptors (Lipinski definition) is 3. The van der Waals surface area contributed by atoms with Gasteiger partial charge in [-0.15, -0.1) is 11.8 Å². The van der Waals surface area contributed by atoms with Crippen molar-refractivity contribution in [3.05, 3.63) is 59.7 Å². The van der Waals surface area contributed by atoms with Gasteiger partial charge in [0.1, 0.15) is 5.75 Å². The summed E-state index contributed by atoms with van der Waals surface area (Å²) in [5.41, 5.74) is 1.73. The minimum Gasteiger partial charge on any atom is -0.494 e. The highest BCUT2D eigenvalue weighted by molar-refractivity contribution is 7.98. The number of ether oxygens (including phenoxy) is 1. The Kier molecular flexibility index (Phi) is 5.69. The summed E-state index contributed by atoms with van der Waals surface area (Å²) in [6.45, 7) is 3.08. The molecule has 110 valence electrons. The molecule has 0 unspecified atom stereocenters. The molecule has 0 aliphatic heterocycles. The second-order valence-electron chi connectivity index (χ2n) is 4.49. The third-order valence-electron chi connectivity index (χ3n) is 3.04. The smallest absolute Gasteiger partial charge is 0.251 e. The van der Waals surface area contributed by atoms with E-state index in [1.807, 2.05) is 37.4 Å². The Morgan fingerprint density at radius 1 is 1.10 bits per heavy atom. The molecule has 4 heteroatoms. The first-order valence-corrected chi connectivity index (χ1v) is 8.09. The molecule has 0 aliphatic rings. The summed E-state index contributed by atoms with van der Waals surface area (Å²) in [6, 6.07) is 15.4. The molecule has 0 heterocycles. The Bertz CT molecular complexity index is 579. The third kappa shape index (κ3) is 4.53. The second kappa shape index (κ2) is 7.74. The first kappa shape index (κ1) is 15.4. The van der Waals surface area contributed by atoms with E-state index in [0.29, 0.717) is 18.7 Å². The Morgan fingerprint density at radius 3 is 2.33 bits per heavy atom. The third-order valence-corrected chi connectivity index (χ3v) is 3.78. The number of thioether (sulfide) groups is 1. The van der Waals surface area contributed by atoms with Crippen molar-refractivity contribution in [2.24, 2.45) is 0 Å². The van der Waals surface area contributed by atoms with E-state index in [2.05, 4.69) is 17.4 Å². The molecule has 0 bridgehead atoms. The molecular formula is C17H19NO2S. The Morgan fingerprint density at radius 2 is 1.76 bits per heavy atom. The lowest BCUT2D eigenvalue weighted by molar-refractivity contribution is 0.0951. The van der Waals surface area contributed by atoms with Gasteiger partial charge >= 0.3 is 0 Å². The van der Waals surface area contributed by atoms with Crippen molar-refractivity contribution in [1.29, 1.82) is 0 Å². The van der Waals surface area contributed by atoms with Crippen LogP contribution in [0.1, 0.15) is 22.8 Å². The first-order chi connectivity index (χ1) is 10.2. The summed E-state index contributed by atoms with van der Waals surface area (Å²) in [6.07, 6.45) is 2.04. The van der Waals surface area contributed by atoms with E-state index >= 15 is 0 Å². The normalized spacial score (nSPS) is 10.2. The van der Waals surface area contributed by atoms with Gasteiger partial charge in [0, 0.05) is 17.0 Å². The van der Waals surface area contributed by atoms with Crippen LogP contribution in [-0.2, 0) is 6.54 Å². The maximum Gasteiger partial charge on any atom is 0.251 e. The van der Waals surface area contributed by atoms with Crippen LogP contribution in [-0.4, -0.2) is 18.8 Å². The summed E-state index contributed by atoms with van der Waals surface area (Å²) in [5, 5.41) is 2.92. The largest absolute Gasteiger partial charge is 0.494 e. The highest BCUT2D eigenvalue weighted by Crippen LogP contribution is 2.15. The van der Waals surface area contributed by atoms with Gasteiger partial charge in [-0.1, -0.05) is 12.1 Å². The van der Waals surface area contributed by atoms with Gasteiger partial charge in [-0.05, 0) is 55.1 Å². The van der Waals surface area contributed by atoms with Crippen LogP contribution in [0.4, 0.5) is 0 Å². The highest BCUT2D eigenvalue weighted by atomic mass is 32.2. The summed E-state index contributed by atoms with van der Waals surface area (Å²) in [4.78, 5) is 13.3. The molecule has 0 aromatic heterocycles. The van der Waals surface area contributed by atoms with Crippen molar-refractivity contribution in [3.8, 4) is 5.75 Å². The van der Waals surface area contributed by atoms with Crippen LogP contribution in [0.2, 0.25) is 0 Å². The topological polar surface area (TPSA) is 38.3 Å². The van der Waals surface area contributed by atoms with Gasteiger partial charge in [0.15, 0.2) is 0 Å². The molecule has 0 atom stereocenters. The molecule has 2 rings (SSSR count). The van der Waals surface area contributed by atoms with Crippen LogP contribution in [0.25, 0.3) is 0 Å². The molecule has 1 amide bonds. The van der Waals surface area contributed by atoms with Crippen molar-refractivity contribution in [2.45, 2.75) is 18.4 Å². The van der Waals surface area contributed by atoms with E-state index in [4.69, 9.17) is 4.74 Å². The average Bonchev–Trinajstić information content (AvgIpc) is 2.54. The van der Waals surface area contributed by atoms with E-state index in [-0.39, 0.29) is 5.91 Å². The van der Waals surface area contributed by atoms with Crippen LogP contribution < -0.4 is 10.1 Å². The first-order valence-electron chi connectivity index (χ1n) is 6.87. The number of amides is 1. The van der Waals surface area contributed by atoms with Crippen LogP contribution in [0, 0.1) is 0 Å². The monoisotopic (exact) mass is 301 g/mol. The van der Waals surface area contributed by atoms with Crippen molar-refractivity contribution < 1.29 is 9.53 Å². The number of rotatable bonds is 6. The second-order valence-corrected chi connectivity index (χ2v) is 5.37. The lowest BCUT2D eigenvalue weighted by Gasteiger charge is -2.07. The van der Waals surface area contributed by atoms with Gasteiger partial charge in [-0.3, -0.25) is 4.79 Å². The van der Waals surface area contributed by atoms with Gasteiger partial charge in [0.25, 0.3) is 5.91 Å². The van der Waals surface area contributed by atoms with Crippen LogP contribution in [0.3, 0.4) is 0 Å². The standard InChI is InChI=1S/C17H19NO2S/c1-3-20-15-8-6-14(7-9-15)17(19)18-12-13-4-10-16(21-2)11-5-13/h4-11H,3,12H2,1-2H3,(H,18,19). The zero-order valence-electron chi connectivity index (χ0n) is 12.3. The van der Waals surface area contributed by atoms with Crippen LogP contribution in [0.15, 0.2) is 53.4 Å². The average molecular weight is 301 g/mol. The van der Waals surface area contributed by atoms with Gasteiger partial charge < -0.3 is 10.1 Å². The SMILES string of the molecule is CCOc1ccc(C(=O)NCc2ccc(SC)cc2)cc1. The van der Waals surface area contributed by atoms with E-state index in [9.17, 15) is 4.79 Å². The summed E-state index contributed by atoms with van der Waals surface area (Å²) < 4.78 is 5.36. The van der Waals surface area contributed by atoms with Crippen LogP contribution >= 0.6 is 11.8 Å². The van der Waals surface area contributed by atoms with Crippen molar-refractivity contribution in [1.82, 2.24) is 5.32 Å². The van der Waals surface area contributed by atoms with E-state index in [1.54, 1.807) is 23.9 Å². The number of hydrogen-bond donors (Lipinski definition) is 1. The maximum absolute atomic E-state index is 12.1. The lowest BCUT2D eigenvalue weighted by atomic mass is 10.2. The molecular weight excluding hydrogens is 282 g/mol. The van der Waals surface area contributed by atoms with E-state index in [1.165, 1.54) is 4.90 Å². The van der Waals surface area contributed by atoms with Crippen molar-refractivity contribution in [2.75, 3.05) is 12.9 Å². The van der Waals surface area contributed by atoms with E-state index in [0.717, 1.165) is 11.3 Å². The molecule has 0 radical (unpaired) electrons. The predicted octanol–water partition coefficient (Wildman–Crippen LogP) is 3.74. The molecule has 0 saturated carbocycles. The number of carbonyl (C=O) groups excluding carboxylic acids is 1.